The molecular weight excluding hydrogens is 836 g/mol. The molecule has 4 N–H and O–H groups in total. The molecule has 3 saturated heterocycles. The van der Waals surface area contributed by atoms with Crippen LogP contribution in [0.2, 0.25) is 0 Å². The van der Waals surface area contributed by atoms with E-state index < -0.39 is 114 Å². The summed E-state index contributed by atoms with van der Waals surface area (Å²) in [6.45, 7) is 11.2. The SMILES string of the molecule is CCC/C=C/C=C/C(=O)O[C@H]1/C(=C/C(=O)OC)C[C@H]2CC([C@@H](C)O)OC(=O)C[C@H](O)CC3CC(OC(C)=O)C(C)(C)[C@](O)(CC4C/C(=C/C(=O)OC)C[C@H](/C=C\C(C)(C)[C@]1(O)O2)O4)O3. The van der Waals surface area contributed by atoms with Gasteiger partial charge in [-0.15, -0.1) is 0 Å². The smallest absolute Gasteiger partial charge is 0.331 e. The van der Waals surface area contributed by atoms with Crippen LogP contribution in [0.15, 0.2) is 59.8 Å². The first-order valence-corrected chi connectivity index (χ1v) is 21.9. The van der Waals surface area contributed by atoms with Crippen molar-refractivity contribution in [2.45, 2.75) is 179 Å². The van der Waals surface area contributed by atoms with Gasteiger partial charge in [0.05, 0.1) is 62.7 Å². The highest BCUT2D eigenvalue weighted by atomic mass is 16.7. The van der Waals surface area contributed by atoms with Crippen molar-refractivity contribution < 1.29 is 82.3 Å². The van der Waals surface area contributed by atoms with Crippen LogP contribution in [-0.4, -0.2) is 131 Å². The van der Waals surface area contributed by atoms with Crippen molar-refractivity contribution in [1.29, 1.82) is 0 Å². The number of hydrogen-bond donors (Lipinski definition) is 4. The number of carbonyl (C=O) groups is 5. The highest BCUT2D eigenvalue weighted by Gasteiger charge is 2.59. The fourth-order valence-electron chi connectivity index (χ4n) is 8.57. The average molecular weight is 905 g/mol. The summed E-state index contributed by atoms with van der Waals surface area (Å²) in [6.07, 6.45) is 2.55. The van der Waals surface area contributed by atoms with Gasteiger partial charge in [-0.3, -0.25) is 9.59 Å². The van der Waals surface area contributed by atoms with Gasteiger partial charge in [0, 0.05) is 56.3 Å². The summed E-state index contributed by atoms with van der Waals surface area (Å²) in [5, 5.41) is 47.5. The van der Waals surface area contributed by atoms with Gasteiger partial charge in [-0.25, -0.2) is 14.4 Å². The van der Waals surface area contributed by atoms with Crippen molar-refractivity contribution in [2.75, 3.05) is 14.2 Å². The number of ether oxygens (including phenoxy) is 8. The molecule has 4 heterocycles. The molecule has 3 fully saturated rings. The minimum atomic E-state index is -2.47. The number of cyclic esters (lactones) is 1. The molecule has 4 aliphatic rings. The summed E-state index contributed by atoms with van der Waals surface area (Å²) >= 11 is 0. The number of methoxy groups -OCH3 is 2. The lowest BCUT2D eigenvalue weighted by molar-refractivity contribution is -0.348. The van der Waals surface area contributed by atoms with Gasteiger partial charge in [-0.2, -0.15) is 0 Å². The van der Waals surface area contributed by atoms with E-state index in [1.165, 1.54) is 33.1 Å². The summed E-state index contributed by atoms with van der Waals surface area (Å²) in [4.78, 5) is 64.7. The zero-order valence-electron chi connectivity index (χ0n) is 38.5. The first-order valence-electron chi connectivity index (χ1n) is 21.9. The summed E-state index contributed by atoms with van der Waals surface area (Å²) in [6, 6.07) is 0. The summed E-state index contributed by atoms with van der Waals surface area (Å²) in [5.74, 6) is -8.31. The standard InChI is InChI=1S/C47H68O17/c1-10-11-12-13-14-15-39(51)62-43-31(22-41(53)58-9)21-34-25-37(28(2)48)61-42(54)24-32(50)23-35-26-38(59-29(3)49)45(6,7)46(55,63-35)27-36-19-30(20-40(52)57-8)18-33(60-36)16-17-44(4,5)47(43,56)64-34/h12-17,20,22,28,32-38,43,48,50,55-56H,10-11,18-19,21,23-27H2,1-9H3/b13-12+,15-14+,17-16-,30-20+,31-22+/t28-,32-,33+,34+,35?,36?,37?,38?,43+,46+,47-/m1/s1. The molecule has 4 rings (SSSR count). The number of fused-ring (bicyclic) bond motifs is 6. The number of aliphatic hydroxyl groups excluding tert-OH is 2. The summed E-state index contributed by atoms with van der Waals surface area (Å²) < 4.78 is 46.7. The van der Waals surface area contributed by atoms with Crippen molar-refractivity contribution in [3.63, 3.8) is 0 Å². The monoisotopic (exact) mass is 904 g/mol. The molecule has 0 radical (unpaired) electrons. The first kappa shape index (κ1) is 52.4. The third-order valence-electron chi connectivity index (χ3n) is 12.4. The molecule has 0 saturated carbocycles. The molecule has 0 aliphatic carbocycles. The zero-order valence-corrected chi connectivity index (χ0v) is 38.5. The Labute approximate surface area is 375 Å². The minimum absolute atomic E-state index is 0.0721. The molecule has 0 aromatic carbocycles. The minimum Gasteiger partial charge on any atom is -0.466 e. The van der Waals surface area contributed by atoms with Gasteiger partial charge in [-0.05, 0) is 38.2 Å². The lowest BCUT2D eigenvalue weighted by Gasteiger charge is -2.53. The Morgan fingerprint density at radius 1 is 0.875 bits per heavy atom. The second-order valence-electron chi connectivity index (χ2n) is 18.3. The van der Waals surface area contributed by atoms with Gasteiger partial charge in [0.1, 0.15) is 12.2 Å². The summed E-state index contributed by atoms with van der Waals surface area (Å²) in [5.41, 5.74) is -2.06. The van der Waals surface area contributed by atoms with E-state index in [-0.39, 0.29) is 50.5 Å². The van der Waals surface area contributed by atoms with E-state index in [1.54, 1.807) is 45.9 Å². The van der Waals surface area contributed by atoms with Crippen LogP contribution in [0.1, 0.15) is 113 Å². The number of rotatable bonds is 9. The Bertz CT molecular complexity index is 1830. The number of unbranched alkanes of at least 4 members (excludes halogenated alkanes) is 1. The fraction of sp³-hybridized carbons (Fsp3) is 0.681. The van der Waals surface area contributed by atoms with Crippen LogP contribution in [0.25, 0.3) is 0 Å². The molecule has 6 bridgehead atoms. The molecule has 4 unspecified atom stereocenters. The maximum atomic E-state index is 13.4. The van der Waals surface area contributed by atoms with Gasteiger partial charge in [0.25, 0.3) is 0 Å². The predicted octanol–water partition coefficient (Wildman–Crippen LogP) is 4.28. The van der Waals surface area contributed by atoms with E-state index in [4.69, 9.17) is 37.9 Å². The van der Waals surface area contributed by atoms with Crippen LogP contribution in [-0.2, 0) is 61.9 Å². The van der Waals surface area contributed by atoms with Crippen LogP contribution < -0.4 is 0 Å². The number of allylic oxidation sites excluding steroid dienone is 3. The van der Waals surface area contributed by atoms with Crippen LogP contribution in [0.4, 0.5) is 0 Å². The van der Waals surface area contributed by atoms with E-state index in [0.717, 1.165) is 32.1 Å². The molecule has 17 nitrogen and oxygen atoms in total. The van der Waals surface area contributed by atoms with Gasteiger partial charge < -0.3 is 58.3 Å². The molecular formula is C47H68O17. The topological polar surface area (TPSA) is 240 Å². The third kappa shape index (κ3) is 13.4. The third-order valence-corrected chi connectivity index (χ3v) is 12.4. The van der Waals surface area contributed by atoms with Gasteiger partial charge in [0.2, 0.25) is 5.79 Å². The fourth-order valence-corrected chi connectivity index (χ4v) is 8.57. The molecule has 64 heavy (non-hydrogen) atoms. The van der Waals surface area contributed by atoms with Crippen molar-refractivity contribution in [2.24, 2.45) is 10.8 Å². The normalized spacial score (nSPS) is 35.8. The van der Waals surface area contributed by atoms with Gasteiger partial charge in [-0.1, -0.05) is 77.0 Å². The van der Waals surface area contributed by atoms with Crippen molar-refractivity contribution in [1.82, 2.24) is 0 Å². The van der Waals surface area contributed by atoms with E-state index in [2.05, 4.69) is 0 Å². The predicted molar refractivity (Wildman–Crippen MR) is 228 cm³/mol. The summed E-state index contributed by atoms with van der Waals surface area (Å²) in [7, 11) is 2.40. The zero-order chi connectivity index (χ0) is 47.6. The van der Waals surface area contributed by atoms with E-state index in [1.807, 2.05) is 13.0 Å². The Kier molecular flexibility index (Phi) is 18.3. The molecule has 4 aliphatic heterocycles. The van der Waals surface area contributed by atoms with Crippen molar-refractivity contribution >= 4 is 29.8 Å². The Balaban J connectivity index is 1.89. The quantitative estimate of drug-likeness (QED) is 0.0830. The van der Waals surface area contributed by atoms with E-state index in [9.17, 15) is 44.4 Å². The maximum absolute atomic E-state index is 13.4. The number of hydrogen-bond acceptors (Lipinski definition) is 17. The molecule has 0 aromatic heterocycles. The molecule has 17 heteroatoms. The lowest BCUT2D eigenvalue weighted by Crippen LogP contribution is -2.62. The Hall–Kier alpha value is -4.23. The Morgan fingerprint density at radius 3 is 2.20 bits per heavy atom. The lowest BCUT2D eigenvalue weighted by atomic mass is 9.70. The second kappa shape index (κ2) is 22.3. The number of aliphatic hydroxyl groups is 4. The van der Waals surface area contributed by atoms with Crippen LogP contribution >= 0.6 is 0 Å². The number of carbonyl (C=O) groups excluding carboxylic acids is 5. The highest BCUT2D eigenvalue weighted by Crippen LogP contribution is 2.50. The largest absolute Gasteiger partial charge is 0.466 e. The molecule has 0 amide bonds. The van der Waals surface area contributed by atoms with Crippen LogP contribution in [0.3, 0.4) is 0 Å². The van der Waals surface area contributed by atoms with E-state index >= 15 is 0 Å². The van der Waals surface area contributed by atoms with Crippen LogP contribution in [0, 0.1) is 10.8 Å². The first-order chi connectivity index (χ1) is 29.9. The second-order valence-corrected chi connectivity index (χ2v) is 18.3. The Morgan fingerprint density at radius 2 is 1.56 bits per heavy atom. The van der Waals surface area contributed by atoms with Crippen molar-refractivity contribution in [3.8, 4) is 0 Å². The van der Waals surface area contributed by atoms with E-state index in [0.29, 0.717) is 5.57 Å². The molecule has 0 spiro atoms. The average Bonchev–Trinajstić information content (AvgIpc) is 3.19. The molecule has 0 aromatic rings. The highest BCUT2D eigenvalue weighted by molar-refractivity contribution is 5.85. The molecule has 358 valence electrons. The maximum Gasteiger partial charge on any atom is 0.331 e. The van der Waals surface area contributed by atoms with Gasteiger partial charge in [0.15, 0.2) is 11.9 Å². The number of esters is 5. The molecule has 11 atom stereocenters. The van der Waals surface area contributed by atoms with Crippen molar-refractivity contribution in [3.05, 3.63) is 59.8 Å². The van der Waals surface area contributed by atoms with Crippen LogP contribution in [0.5, 0.6) is 0 Å². The van der Waals surface area contributed by atoms with Gasteiger partial charge >= 0.3 is 29.8 Å².